The van der Waals surface area contributed by atoms with Crippen LogP contribution in [-0.4, -0.2) is 33.1 Å². The topological polar surface area (TPSA) is 57.0 Å². The molecule has 0 saturated carbocycles. The molecule has 0 aliphatic carbocycles. The van der Waals surface area contributed by atoms with E-state index in [0.29, 0.717) is 6.42 Å². The van der Waals surface area contributed by atoms with Gasteiger partial charge in [-0.3, -0.25) is 4.79 Å². The highest BCUT2D eigenvalue weighted by Crippen LogP contribution is 2.26. The van der Waals surface area contributed by atoms with E-state index in [-0.39, 0.29) is 17.3 Å². The molecule has 1 heterocycles. The van der Waals surface area contributed by atoms with Gasteiger partial charge < -0.3 is 9.30 Å². The van der Waals surface area contributed by atoms with Crippen LogP contribution in [0.2, 0.25) is 0 Å². The summed E-state index contributed by atoms with van der Waals surface area (Å²) in [6.45, 7) is 6.05. The number of aromatic nitrogens is 3. The molecule has 1 aromatic heterocycles. The molecule has 6 heteroatoms. The number of rotatable bonds is 5. The van der Waals surface area contributed by atoms with Crippen molar-refractivity contribution in [1.29, 1.82) is 0 Å². The Balaban J connectivity index is 2.78. The molecule has 1 aromatic rings. The maximum absolute atomic E-state index is 11.4. The van der Waals surface area contributed by atoms with Gasteiger partial charge in [-0.25, -0.2) is 0 Å². The second-order valence-corrected chi connectivity index (χ2v) is 4.82. The molecule has 0 fully saturated rings. The lowest BCUT2D eigenvalue weighted by atomic mass is 10.3. The van der Waals surface area contributed by atoms with Crippen LogP contribution in [0.4, 0.5) is 0 Å². The predicted octanol–water partition coefficient (Wildman–Crippen LogP) is 1.90. The lowest BCUT2D eigenvalue weighted by Crippen LogP contribution is -2.18. The molecular formula is C10H17N3O2S. The largest absolute Gasteiger partial charge is 0.468 e. The van der Waals surface area contributed by atoms with Gasteiger partial charge in [0, 0.05) is 6.04 Å². The molecule has 0 unspecified atom stereocenters. The van der Waals surface area contributed by atoms with Crippen molar-refractivity contribution in [1.82, 2.24) is 14.8 Å². The van der Waals surface area contributed by atoms with Crippen LogP contribution in [0.1, 0.15) is 33.2 Å². The summed E-state index contributed by atoms with van der Waals surface area (Å²) in [5, 5.41) is 8.41. The van der Waals surface area contributed by atoms with E-state index in [4.69, 9.17) is 4.74 Å². The summed E-state index contributed by atoms with van der Waals surface area (Å²) in [6.07, 6.45) is 2.39. The van der Waals surface area contributed by atoms with E-state index in [9.17, 15) is 4.79 Å². The molecule has 0 aromatic carbocycles. The zero-order valence-corrected chi connectivity index (χ0v) is 10.8. The molecular weight excluding hydrogens is 226 g/mol. The van der Waals surface area contributed by atoms with Gasteiger partial charge in [0.05, 0.1) is 7.11 Å². The minimum atomic E-state index is -0.217. The van der Waals surface area contributed by atoms with E-state index in [1.807, 2.05) is 25.3 Å². The van der Waals surface area contributed by atoms with Crippen molar-refractivity contribution in [3.63, 3.8) is 0 Å². The molecule has 5 nitrogen and oxygen atoms in total. The molecule has 0 aliphatic rings. The average Bonchev–Trinajstić information content (AvgIpc) is 2.72. The van der Waals surface area contributed by atoms with Gasteiger partial charge in [0.2, 0.25) is 0 Å². The summed E-state index contributed by atoms with van der Waals surface area (Å²) in [5.74, 6) is -0.217. The Labute approximate surface area is 99.6 Å². The van der Waals surface area contributed by atoms with Crippen molar-refractivity contribution in [2.75, 3.05) is 7.11 Å². The molecule has 1 rings (SSSR count). The number of carbonyl (C=O) groups excluding carboxylic acids is 1. The maximum atomic E-state index is 11.4. The summed E-state index contributed by atoms with van der Waals surface area (Å²) < 4.78 is 6.68. The van der Waals surface area contributed by atoms with Gasteiger partial charge in [0.25, 0.3) is 0 Å². The van der Waals surface area contributed by atoms with Crippen LogP contribution < -0.4 is 0 Å². The Kier molecular flexibility index (Phi) is 4.79. The van der Waals surface area contributed by atoms with Crippen LogP contribution in [0.15, 0.2) is 11.5 Å². The van der Waals surface area contributed by atoms with Crippen LogP contribution in [0.25, 0.3) is 0 Å². The van der Waals surface area contributed by atoms with Gasteiger partial charge in [-0.05, 0) is 20.3 Å². The average molecular weight is 243 g/mol. The first kappa shape index (κ1) is 13.0. The van der Waals surface area contributed by atoms with Gasteiger partial charge in [-0.15, -0.1) is 10.2 Å². The molecule has 0 amide bonds. The number of nitrogens with zero attached hydrogens (tertiary/aromatic N) is 3. The van der Waals surface area contributed by atoms with Crippen molar-refractivity contribution >= 4 is 17.7 Å². The van der Waals surface area contributed by atoms with Crippen LogP contribution >= 0.6 is 11.8 Å². The monoisotopic (exact) mass is 243 g/mol. The number of hydrogen-bond acceptors (Lipinski definition) is 5. The van der Waals surface area contributed by atoms with E-state index < -0.39 is 0 Å². The minimum Gasteiger partial charge on any atom is -0.468 e. The van der Waals surface area contributed by atoms with Crippen LogP contribution in [0, 0.1) is 0 Å². The zero-order chi connectivity index (χ0) is 12.1. The van der Waals surface area contributed by atoms with E-state index in [1.165, 1.54) is 18.9 Å². The molecule has 0 N–H and O–H groups in total. The lowest BCUT2D eigenvalue weighted by Gasteiger charge is -2.13. The van der Waals surface area contributed by atoms with Gasteiger partial charge in [-0.1, -0.05) is 18.7 Å². The molecule has 16 heavy (non-hydrogen) atoms. The Bertz CT molecular complexity index is 352. The third kappa shape index (κ3) is 2.98. The maximum Gasteiger partial charge on any atom is 0.319 e. The lowest BCUT2D eigenvalue weighted by molar-refractivity contribution is -0.140. The highest BCUT2D eigenvalue weighted by atomic mass is 32.2. The van der Waals surface area contributed by atoms with Crippen LogP contribution in [0.5, 0.6) is 0 Å². The summed E-state index contributed by atoms with van der Waals surface area (Å²) >= 11 is 1.40. The number of thioether (sulfide) groups is 1. The van der Waals surface area contributed by atoms with Crippen molar-refractivity contribution in [3.8, 4) is 0 Å². The predicted molar refractivity (Wildman–Crippen MR) is 62.4 cm³/mol. The van der Waals surface area contributed by atoms with Gasteiger partial charge in [0.1, 0.15) is 11.6 Å². The number of methoxy groups -OCH3 is 1. The highest BCUT2D eigenvalue weighted by molar-refractivity contribution is 8.00. The third-order valence-corrected chi connectivity index (χ3v) is 3.49. The van der Waals surface area contributed by atoms with Gasteiger partial charge >= 0.3 is 5.97 Å². The fraction of sp³-hybridized carbons (Fsp3) is 0.700. The SMILES string of the molecule is CC[C@@H](Sc1nncn1C(C)C)C(=O)OC. The second kappa shape index (κ2) is 5.89. The number of carbonyl (C=O) groups is 1. The number of esters is 1. The Morgan fingerprint density at radius 3 is 2.81 bits per heavy atom. The molecule has 0 bridgehead atoms. The summed E-state index contributed by atoms with van der Waals surface area (Å²) in [5.41, 5.74) is 0. The molecule has 1 atom stereocenters. The Morgan fingerprint density at radius 1 is 1.62 bits per heavy atom. The summed E-state index contributed by atoms with van der Waals surface area (Å²) in [4.78, 5) is 11.4. The second-order valence-electron chi connectivity index (χ2n) is 3.65. The fourth-order valence-corrected chi connectivity index (χ4v) is 2.31. The smallest absolute Gasteiger partial charge is 0.319 e. The van der Waals surface area contributed by atoms with E-state index in [2.05, 4.69) is 10.2 Å². The van der Waals surface area contributed by atoms with Crippen molar-refractivity contribution < 1.29 is 9.53 Å². The highest BCUT2D eigenvalue weighted by Gasteiger charge is 2.21. The zero-order valence-electron chi connectivity index (χ0n) is 10.0. The van der Waals surface area contributed by atoms with E-state index in [0.717, 1.165) is 5.16 Å². The van der Waals surface area contributed by atoms with Crippen molar-refractivity contribution in [3.05, 3.63) is 6.33 Å². The Morgan fingerprint density at radius 2 is 2.31 bits per heavy atom. The first-order valence-electron chi connectivity index (χ1n) is 5.24. The quantitative estimate of drug-likeness (QED) is 0.584. The van der Waals surface area contributed by atoms with Gasteiger partial charge in [0.15, 0.2) is 5.16 Å². The van der Waals surface area contributed by atoms with Crippen molar-refractivity contribution in [2.24, 2.45) is 0 Å². The van der Waals surface area contributed by atoms with E-state index >= 15 is 0 Å². The number of ether oxygens (including phenoxy) is 1. The summed E-state index contributed by atoms with van der Waals surface area (Å²) in [6, 6.07) is 0.285. The number of hydrogen-bond donors (Lipinski definition) is 0. The molecule has 0 saturated heterocycles. The molecule has 0 aliphatic heterocycles. The third-order valence-electron chi connectivity index (χ3n) is 2.18. The van der Waals surface area contributed by atoms with Crippen molar-refractivity contribution in [2.45, 2.75) is 43.6 Å². The standard InChI is InChI=1S/C10H17N3O2S/c1-5-8(9(14)15-4)16-10-12-11-6-13(10)7(2)3/h6-8H,5H2,1-4H3/t8-/m1/s1. The Hall–Kier alpha value is -1.04. The molecule has 90 valence electrons. The van der Waals surface area contributed by atoms with E-state index in [1.54, 1.807) is 6.33 Å². The normalized spacial score (nSPS) is 12.8. The minimum absolute atomic E-state index is 0.216. The summed E-state index contributed by atoms with van der Waals surface area (Å²) in [7, 11) is 1.40. The van der Waals surface area contributed by atoms with Gasteiger partial charge in [-0.2, -0.15) is 0 Å². The molecule has 0 radical (unpaired) electrons. The fourth-order valence-electron chi connectivity index (χ4n) is 1.23. The molecule has 0 spiro atoms. The first-order valence-corrected chi connectivity index (χ1v) is 6.12. The first-order chi connectivity index (χ1) is 7.60. The van der Waals surface area contributed by atoms with Crippen LogP contribution in [-0.2, 0) is 9.53 Å². The van der Waals surface area contributed by atoms with Crippen LogP contribution in [0.3, 0.4) is 0 Å².